The Morgan fingerprint density at radius 1 is 1.33 bits per heavy atom. The predicted molar refractivity (Wildman–Crippen MR) is 36.9 cm³/mol. The van der Waals surface area contributed by atoms with Crippen LogP contribution in [-0.2, 0) is 9.13 Å². The molecule has 0 aliphatic carbocycles. The van der Waals surface area contributed by atoms with E-state index in [1.165, 1.54) is 0 Å². The van der Waals surface area contributed by atoms with Crippen molar-refractivity contribution < 1.29 is 9.13 Å². The van der Waals surface area contributed by atoms with Gasteiger partial charge in [0.15, 0.2) is 0 Å². The lowest BCUT2D eigenvalue weighted by Gasteiger charge is -1.80. The van der Waals surface area contributed by atoms with E-state index in [1.807, 2.05) is 6.07 Å². The average molecular weight is 158 g/mol. The van der Waals surface area contributed by atoms with Crippen molar-refractivity contribution in [3.05, 3.63) is 24.0 Å². The van der Waals surface area contributed by atoms with Crippen LogP contribution in [-0.4, -0.2) is 0 Å². The zero-order chi connectivity index (χ0) is 6.69. The van der Waals surface area contributed by atoms with Gasteiger partial charge in [-0.3, -0.25) is 0 Å². The van der Waals surface area contributed by atoms with Gasteiger partial charge in [-0.05, 0) is 11.9 Å². The van der Waals surface area contributed by atoms with Crippen LogP contribution in [0.2, 0.25) is 0 Å². The Morgan fingerprint density at radius 2 is 2.11 bits per heavy atom. The largest absolute Gasteiger partial charge is 0.353 e. The normalized spacial score (nSPS) is 9.78. The summed E-state index contributed by atoms with van der Waals surface area (Å²) >= 11 is 0. The van der Waals surface area contributed by atoms with Gasteiger partial charge in [0.2, 0.25) is 0 Å². The molecule has 1 heterocycles. The first kappa shape index (κ1) is 6.67. The molecule has 0 aromatic carbocycles. The third-order valence-corrected chi connectivity index (χ3v) is 2.93. The summed E-state index contributed by atoms with van der Waals surface area (Å²) in [5, 5.41) is 0.465. The Kier molecular flexibility index (Phi) is 2.16. The average Bonchev–Trinajstić information content (AvgIpc) is 1.90. The van der Waals surface area contributed by atoms with E-state index in [9.17, 15) is 9.13 Å². The molecule has 0 atom stereocenters. The summed E-state index contributed by atoms with van der Waals surface area (Å²) < 4.78 is 20.5. The molecule has 0 amide bonds. The maximum Gasteiger partial charge on any atom is 0.353 e. The summed E-state index contributed by atoms with van der Waals surface area (Å²) in [6.07, 6.45) is 0. The molecule has 0 N–H and O–H groups in total. The fourth-order valence-electron chi connectivity index (χ4n) is 0.462. The van der Waals surface area contributed by atoms with Crippen molar-refractivity contribution in [3.63, 3.8) is 0 Å². The summed E-state index contributed by atoms with van der Waals surface area (Å²) in [6, 6.07) is 5.15. The van der Waals surface area contributed by atoms with Crippen LogP contribution in [0.15, 0.2) is 24.0 Å². The third-order valence-electron chi connectivity index (χ3n) is 0.836. The number of rotatable bonds is 1. The number of hydrogen-bond acceptors (Lipinski definition) is 2. The van der Waals surface area contributed by atoms with E-state index >= 15 is 0 Å². The second kappa shape index (κ2) is 2.91. The summed E-state index contributed by atoms with van der Waals surface area (Å²) in [6.45, 7) is 0. The summed E-state index contributed by atoms with van der Waals surface area (Å²) in [4.78, 5) is 0. The van der Waals surface area contributed by atoms with Crippen LogP contribution < -0.4 is 5.04 Å². The van der Waals surface area contributed by atoms with Crippen molar-refractivity contribution in [2.75, 3.05) is 0 Å². The van der Waals surface area contributed by atoms with Crippen LogP contribution in [0.4, 0.5) is 0 Å². The highest BCUT2D eigenvalue weighted by Crippen LogP contribution is 2.11. The maximum absolute atomic E-state index is 10.3. The molecule has 0 bridgehead atoms. The first-order valence-electron chi connectivity index (χ1n) is 2.36. The highest BCUT2D eigenvalue weighted by Gasteiger charge is 1.93. The van der Waals surface area contributed by atoms with Gasteiger partial charge in [-0.1, -0.05) is 20.3 Å². The lowest BCUT2D eigenvalue weighted by atomic mass is 10.6. The third kappa shape index (κ3) is 1.74. The molecule has 46 valence electrons. The van der Waals surface area contributed by atoms with Crippen LogP contribution >= 0.6 is 15.9 Å². The van der Waals surface area contributed by atoms with E-state index in [1.54, 1.807) is 17.9 Å². The van der Waals surface area contributed by atoms with E-state index in [0.29, 0.717) is 5.04 Å². The molecule has 0 aliphatic rings. The zero-order valence-electron chi connectivity index (χ0n) is 4.52. The Morgan fingerprint density at radius 3 is 2.44 bits per heavy atom. The standard InChI is InChI=1S/C5H4O2P2/c6-9(7)5-3-1-2-4-8-5/h1-4H. The molecule has 2 nitrogen and oxygen atoms in total. The summed E-state index contributed by atoms with van der Waals surface area (Å²) in [5.74, 6) is 1.79. The summed E-state index contributed by atoms with van der Waals surface area (Å²) in [5.41, 5.74) is 0. The predicted octanol–water partition coefficient (Wildman–Crippen LogP) is 2.06. The van der Waals surface area contributed by atoms with Gasteiger partial charge in [-0.25, -0.2) is 9.13 Å². The monoisotopic (exact) mass is 158 g/mol. The molecule has 1 aromatic heterocycles. The topological polar surface area (TPSA) is 34.1 Å². The second-order valence-corrected chi connectivity index (χ2v) is 3.83. The van der Waals surface area contributed by atoms with Gasteiger partial charge in [0.05, 0.1) is 0 Å². The van der Waals surface area contributed by atoms with Gasteiger partial charge < -0.3 is 0 Å². The smallest absolute Gasteiger partial charge is 0.231 e. The second-order valence-electron chi connectivity index (χ2n) is 1.45. The van der Waals surface area contributed by atoms with E-state index < -0.39 is 7.68 Å². The van der Waals surface area contributed by atoms with Gasteiger partial charge in [0, 0.05) is 0 Å². The fourth-order valence-corrected chi connectivity index (χ4v) is 1.76. The molecule has 0 saturated carbocycles. The van der Waals surface area contributed by atoms with Gasteiger partial charge >= 0.3 is 7.68 Å². The van der Waals surface area contributed by atoms with Crippen LogP contribution in [0.3, 0.4) is 0 Å². The van der Waals surface area contributed by atoms with Crippen molar-refractivity contribution in [1.82, 2.24) is 0 Å². The van der Waals surface area contributed by atoms with Crippen LogP contribution in [0.1, 0.15) is 0 Å². The number of hydrogen-bond donors (Lipinski definition) is 0. The molecule has 0 aliphatic heterocycles. The van der Waals surface area contributed by atoms with Crippen LogP contribution in [0.25, 0.3) is 0 Å². The van der Waals surface area contributed by atoms with Crippen molar-refractivity contribution in [2.45, 2.75) is 0 Å². The van der Waals surface area contributed by atoms with Crippen molar-refractivity contribution in [2.24, 2.45) is 0 Å². The van der Waals surface area contributed by atoms with Crippen LogP contribution in [0.5, 0.6) is 0 Å². The molecule has 0 spiro atoms. The van der Waals surface area contributed by atoms with Gasteiger partial charge in [-0.15, -0.1) is 0 Å². The van der Waals surface area contributed by atoms with Crippen LogP contribution in [0, 0.1) is 0 Å². The maximum atomic E-state index is 10.3. The highest BCUT2D eigenvalue weighted by atomic mass is 31.1. The fraction of sp³-hybridized carbons (Fsp3) is 0. The van der Waals surface area contributed by atoms with Crippen molar-refractivity contribution >= 4 is 20.9 Å². The highest BCUT2D eigenvalue weighted by molar-refractivity contribution is 7.57. The van der Waals surface area contributed by atoms with Gasteiger partial charge in [0.25, 0.3) is 0 Å². The minimum atomic E-state index is -2.35. The Labute approximate surface area is 54.8 Å². The lowest BCUT2D eigenvalue weighted by Crippen LogP contribution is -1.80. The zero-order valence-corrected chi connectivity index (χ0v) is 6.31. The van der Waals surface area contributed by atoms with E-state index in [0.717, 1.165) is 8.19 Å². The van der Waals surface area contributed by atoms with Gasteiger partial charge in [-0.2, -0.15) is 0 Å². The SMILES string of the molecule is O=P(=O)c1ccccp1. The van der Waals surface area contributed by atoms with E-state index in [4.69, 9.17) is 0 Å². The molecule has 0 fully saturated rings. The molecule has 9 heavy (non-hydrogen) atoms. The molecule has 0 radical (unpaired) electrons. The first-order valence-corrected chi connectivity index (χ1v) is 4.50. The molecule has 0 saturated heterocycles. The molecule has 1 aromatic rings. The molecule has 4 heteroatoms. The Balaban J connectivity index is 3.13. The lowest BCUT2D eigenvalue weighted by molar-refractivity contribution is 0.523. The summed E-state index contributed by atoms with van der Waals surface area (Å²) in [7, 11) is -1.58. The molecular weight excluding hydrogens is 154 g/mol. The van der Waals surface area contributed by atoms with E-state index in [-0.39, 0.29) is 0 Å². The van der Waals surface area contributed by atoms with E-state index in [2.05, 4.69) is 0 Å². The minimum Gasteiger partial charge on any atom is -0.231 e. The first-order chi connectivity index (χ1) is 4.30. The molecular formula is C5H4O2P2. The Hall–Kier alpha value is -0.450. The molecule has 1 rings (SSSR count). The molecule has 0 unspecified atom stereocenters. The van der Waals surface area contributed by atoms with Crippen molar-refractivity contribution in [1.29, 1.82) is 0 Å². The van der Waals surface area contributed by atoms with Gasteiger partial charge in [0.1, 0.15) is 5.04 Å². The quantitative estimate of drug-likeness (QED) is 0.586. The Bertz CT molecular complexity index is 245. The van der Waals surface area contributed by atoms with Crippen molar-refractivity contribution in [3.8, 4) is 0 Å². The minimum absolute atomic E-state index is 0.465.